The van der Waals surface area contributed by atoms with E-state index >= 15 is 0 Å². The van der Waals surface area contributed by atoms with Crippen LogP contribution in [0.4, 0.5) is 5.69 Å². The summed E-state index contributed by atoms with van der Waals surface area (Å²) in [4.78, 5) is 41.8. The number of carbonyl (C=O) groups excluding carboxylic acids is 3. The van der Waals surface area contributed by atoms with Crippen molar-refractivity contribution < 1.29 is 23.5 Å². The van der Waals surface area contributed by atoms with Crippen molar-refractivity contribution in [1.29, 1.82) is 0 Å². The Kier molecular flexibility index (Phi) is 4.04. The van der Waals surface area contributed by atoms with Crippen LogP contribution >= 0.6 is 0 Å². The minimum Gasteiger partial charge on any atom is -0.497 e. The van der Waals surface area contributed by atoms with Gasteiger partial charge < -0.3 is 9.15 Å². The number of ether oxygens (including phenoxy) is 1. The van der Waals surface area contributed by atoms with Gasteiger partial charge in [-0.25, -0.2) is 0 Å². The minimum atomic E-state index is -0.418. The lowest BCUT2D eigenvalue weighted by Gasteiger charge is -2.27. The first-order valence-corrected chi connectivity index (χ1v) is 9.61. The molecule has 2 bridgehead atoms. The maximum Gasteiger partial charge on any atom is 0.295 e. The van der Waals surface area contributed by atoms with Crippen molar-refractivity contribution in [2.24, 2.45) is 23.7 Å². The molecule has 1 saturated carbocycles. The average molecular weight is 392 g/mol. The molecule has 1 aromatic carbocycles. The van der Waals surface area contributed by atoms with Gasteiger partial charge in [-0.05, 0) is 54.7 Å². The third kappa shape index (κ3) is 2.68. The maximum absolute atomic E-state index is 13.1. The van der Waals surface area contributed by atoms with Gasteiger partial charge in [-0.1, -0.05) is 12.2 Å². The zero-order valence-corrected chi connectivity index (χ0v) is 15.9. The number of methoxy groups -OCH3 is 1. The smallest absolute Gasteiger partial charge is 0.295 e. The molecule has 29 heavy (non-hydrogen) atoms. The SMILES string of the molecule is COc1ccc(N(CN2C(=O)[C@@H]3[C@@H](C2=O)[C@H]2C=C[C@H]3C2)C(=O)c2ccco2)cc1. The van der Waals surface area contributed by atoms with Crippen LogP contribution in [0.3, 0.4) is 0 Å². The molecule has 0 radical (unpaired) electrons. The van der Waals surface area contributed by atoms with Gasteiger partial charge in [0.1, 0.15) is 12.4 Å². The fraction of sp³-hybridized carbons (Fsp3) is 0.318. The number of allylic oxidation sites excluding steroid dienone is 2. The molecule has 4 atom stereocenters. The molecule has 2 aliphatic carbocycles. The van der Waals surface area contributed by atoms with Crippen LogP contribution in [0, 0.1) is 23.7 Å². The van der Waals surface area contributed by atoms with Crippen LogP contribution in [0.1, 0.15) is 17.0 Å². The van der Waals surface area contributed by atoms with Crippen molar-refractivity contribution in [2.45, 2.75) is 6.42 Å². The van der Waals surface area contributed by atoms with Crippen molar-refractivity contribution in [2.75, 3.05) is 18.7 Å². The first-order valence-electron chi connectivity index (χ1n) is 9.61. The molecule has 7 heteroatoms. The summed E-state index contributed by atoms with van der Waals surface area (Å²) in [6.45, 7) is -0.143. The molecule has 3 aliphatic rings. The van der Waals surface area contributed by atoms with Gasteiger partial charge in [-0.3, -0.25) is 24.2 Å². The lowest BCUT2D eigenvalue weighted by molar-refractivity contribution is -0.140. The van der Waals surface area contributed by atoms with E-state index in [2.05, 4.69) is 12.2 Å². The van der Waals surface area contributed by atoms with E-state index in [4.69, 9.17) is 9.15 Å². The molecule has 2 fully saturated rings. The second kappa shape index (κ2) is 6.62. The standard InChI is InChI=1S/C22H20N2O5/c1-28-16-8-6-15(7-9-16)23(20(25)17-3-2-10-29-17)12-24-21(26)18-13-4-5-14(11-13)19(18)22(24)27/h2-10,13-14,18-19H,11-12H2,1H3/t13-,14-,18-,19-/m0/s1. The highest BCUT2D eigenvalue weighted by atomic mass is 16.5. The number of likely N-dealkylation sites (tertiary alicyclic amines) is 1. The molecular formula is C22H20N2O5. The third-order valence-electron chi connectivity index (χ3n) is 6.21. The number of hydrogen-bond donors (Lipinski definition) is 0. The summed E-state index contributed by atoms with van der Waals surface area (Å²) in [6, 6.07) is 10.1. The first kappa shape index (κ1) is 17.7. The predicted octanol–water partition coefficient (Wildman–Crippen LogP) is 2.70. The van der Waals surface area contributed by atoms with Gasteiger partial charge in [0.2, 0.25) is 11.8 Å². The van der Waals surface area contributed by atoms with Gasteiger partial charge in [-0.2, -0.15) is 0 Å². The van der Waals surface area contributed by atoms with Gasteiger partial charge >= 0.3 is 0 Å². The number of benzene rings is 1. The van der Waals surface area contributed by atoms with Crippen molar-refractivity contribution >= 4 is 23.4 Å². The van der Waals surface area contributed by atoms with E-state index in [1.54, 1.807) is 43.5 Å². The number of imide groups is 1. The molecule has 0 unspecified atom stereocenters. The van der Waals surface area contributed by atoms with E-state index in [1.165, 1.54) is 16.1 Å². The number of hydrogen-bond acceptors (Lipinski definition) is 5. The molecular weight excluding hydrogens is 372 g/mol. The van der Waals surface area contributed by atoms with Crippen molar-refractivity contribution in [3.8, 4) is 5.75 Å². The second-order valence-electron chi connectivity index (χ2n) is 7.65. The van der Waals surface area contributed by atoms with E-state index in [9.17, 15) is 14.4 Å². The van der Waals surface area contributed by atoms with Crippen LogP contribution in [0.25, 0.3) is 0 Å². The van der Waals surface area contributed by atoms with Gasteiger partial charge in [0.05, 0.1) is 25.2 Å². The van der Waals surface area contributed by atoms with Gasteiger partial charge in [0, 0.05) is 5.69 Å². The van der Waals surface area contributed by atoms with Crippen molar-refractivity contribution in [1.82, 2.24) is 4.90 Å². The van der Waals surface area contributed by atoms with E-state index in [-0.39, 0.29) is 47.9 Å². The summed E-state index contributed by atoms with van der Waals surface area (Å²) in [5.41, 5.74) is 0.547. The van der Waals surface area contributed by atoms with E-state index in [0.29, 0.717) is 11.4 Å². The van der Waals surface area contributed by atoms with Crippen LogP contribution in [0.2, 0.25) is 0 Å². The van der Waals surface area contributed by atoms with Crippen molar-refractivity contribution in [3.05, 3.63) is 60.6 Å². The summed E-state index contributed by atoms with van der Waals surface area (Å²) >= 11 is 0. The maximum atomic E-state index is 13.1. The summed E-state index contributed by atoms with van der Waals surface area (Å²) in [6.07, 6.45) is 6.39. The molecule has 3 amide bonds. The Morgan fingerprint density at radius 1 is 1.10 bits per heavy atom. The Labute approximate surface area is 167 Å². The number of furan rings is 1. The second-order valence-corrected chi connectivity index (χ2v) is 7.65. The van der Waals surface area contributed by atoms with Crippen LogP contribution in [0.15, 0.2) is 59.2 Å². The lowest BCUT2D eigenvalue weighted by Crippen LogP contribution is -2.45. The van der Waals surface area contributed by atoms with Crippen LogP contribution in [-0.2, 0) is 9.59 Å². The minimum absolute atomic E-state index is 0.127. The summed E-state index contributed by atoms with van der Waals surface area (Å²) in [5.74, 6) is -0.359. The lowest BCUT2D eigenvalue weighted by atomic mass is 9.85. The fourth-order valence-corrected chi connectivity index (χ4v) is 4.80. The van der Waals surface area contributed by atoms with E-state index in [0.717, 1.165) is 6.42 Å². The van der Waals surface area contributed by atoms with Gasteiger partial charge in [-0.15, -0.1) is 0 Å². The highest BCUT2D eigenvalue weighted by Crippen LogP contribution is 2.52. The Balaban J connectivity index is 1.46. The molecule has 1 saturated heterocycles. The van der Waals surface area contributed by atoms with E-state index in [1.807, 2.05) is 0 Å². The molecule has 2 heterocycles. The van der Waals surface area contributed by atoms with Crippen LogP contribution in [-0.4, -0.2) is 36.4 Å². The first-order chi connectivity index (χ1) is 14.1. The Morgan fingerprint density at radius 2 is 1.76 bits per heavy atom. The molecule has 2 aromatic rings. The number of fused-ring (bicyclic) bond motifs is 5. The molecule has 5 rings (SSSR count). The summed E-state index contributed by atoms with van der Waals surface area (Å²) in [7, 11) is 1.56. The zero-order chi connectivity index (χ0) is 20.1. The Morgan fingerprint density at radius 3 is 2.31 bits per heavy atom. The third-order valence-corrected chi connectivity index (χ3v) is 6.21. The average Bonchev–Trinajstić information content (AvgIpc) is 3.53. The quantitative estimate of drug-likeness (QED) is 0.577. The number of nitrogens with zero attached hydrogens (tertiary/aromatic N) is 2. The summed E-state index contributed by atoms with van der Waals surface area (Å²) in [5, 5.41) is 0. The molecule has 0 spiro atoms. The normalized spacial score (nSPS) is 26.9. The highest BCUT2D eigenvalue weighted by molar-refractivity contribution is 6.09. The number of amides is 3. The van der Waals surface area contributed by atoms with Gasteiger partial charge in [0.25, 0.3) is 5.91 Å². The van der Waals surface area contributed by atoms with E-state index < -0.39 is 5.91 Å². The van der Waals surface area contributed by atoms with Crippen LogP contribution < -0.4 is 9.64 Å². The molecule has 7 nitrogen and oxygen atoms in total. The number of anilines is 1. The highest BCUT2D eigenvalue weighted by Gasteiger charge is 2.59. The van der Waals surface area contributed by atoms with Gasteiger partial charge in [0.15, 0.2) is 5.76 Å². The molecule has 1 aromatic heterocycles. The topological polar surface area (TPSA) is 80.1 Å². The summed E-state index contributed by atoms with van der Waals surface area (Å²) < 4.78 is 10.4. The van der Waals surface area contributed by atoms with Crippen LogP contribution in [0.5, 0.6) is 5.75 Å². The number of carbonyl (C=O) groups is 3. The fourth-order valence-electron chi connectivity index (χ4n) is 4.80. The monoisotopic (exact) mass is 392 g/mol. The molecule has 0 N–H and O–H groups in total. The largest absolute Gasteiger partial charge is 0.497 e. The Bertz CT molecular complexity index is 965. The number of rotatable bonds is 5. The van der Waals surface area contributed by atoms with Crippen molar-refractivity contribution in [3.63, 3.8) is 0 Å². The molecule has 1 aliphatic heterocycles. The predicted molar refractivity (Wildman–Crippen MR) is 103 cm³/mol. The molecule has 148 valence electrons. The Hall–Kier alpha value is -3.35. The zero-order valence-electron chi connectivity index (χ0n) is 15.9.